The van der Waals surface area contributed by atoms with E-state index in [2.05, 4.69) is 26.6 Å². The van der Waals surface area contributed by atoms with Crippen LogP contribution in [0.25, 0.3) is 0 Å². The number of aromatic amines is 1. The number of H-pyrrole nitrogens is 1. The number of nitrogens with one attached hydrogen (secondary N) is 2. The average Bonchev–Trinajstić information content (AvgIpc) is 2.61. The predicted molar refractivity (Wildman–Crippen MR) is 52.8 cm³/mol. The number of amides is 1. The smallest absolute Gasteiger partial charge is 0.291 e. The highest BCUT2D eigenvalue weighted by Crippen LogP contribution is 2.10. The molecule has 0 unspecified atom stereocenters. The summed E-state index contributed by atoms with van der Waals surface area (Å²) in [6.45, 7) is 5.48. The molecule has 1 aromatic heterocycles. The summed E-state index contributed by atoms with van der Waals surface area (Å²) in [4.78, 5) is 15.3. The van der Waals surface area contributed by atoms with Gasteiger partial charge in [-0.25, -0.2) is 4.98 Å². The van der Waals surface area contributed by atoms with Crippen molar-refractivity contribution >= 4 is 5.91 Å². The number of carbonyl (C=O) groups is 1. The van der Waals surface area contributed by atoms with Crippen LogP contribution >= 0.6 is 0 Å². The highest BCUT2D eigenvalue weighted by atomic mass is 16.2. The molecule has 15 heavy (non-hydrogen) atoms. The standard InChI is InChI=1S/C9H13N5O/c1-6-12-7(14-13-6)8(15)11-5-9(2,3)4-10/h5H2,1-3H3,(H,11,15)(H,12,13,14). The average molecular weight is 207 g/mol. The summed E-state index contributed by atoms with van der Waals surface area (Å²) in [6, 6.07) is 2.09. The van der Waals surface area contributed by atoms with Gasteiger partial charge in [-0.3, -0.25) is 9.89 Å². The molecule has 6 heteroatoms. The molecule has 0 bridgehead atoms. The van der Waals surface area contributed by atoms with Crippen molar-refractivity contribution in [1.29, 1.82) is 5.26 Å². The maximum absolute atomic E-state index is 11.5. The van der Waals surface area contributed by atoms with E-state index in [1.165, 1.54) is 0 Å². The molecule has 1 heterocycles. The molecule has 1 amide bonds. The number of hydrogen-bond donors (Lipinski definition) is 2. The number of nitrogens with zero attached hydrogens (tertiary/aromatic N) is 3. The largest absolute Gasteiger partial charge is 0.348 e. The second-order valence-electron chi connectivity index (χ2n) is 3.92. The van der Waals surface area contributed by atoms with Gasteiger partial charge >= 0.3 is 0 Å². The Morgan fingerprint density at radius 1 is 1.67 bits per heavy atom. The van der Waals surface area contributed by atoms with Crippen molar-refractivity contribution in [2.45, 2.75) is 20.8 Å². The predicted octanol–water partition coefficient (Wildman–Crippen LogP) is 0.393. The highest BCUT2D eigenvalue weighted by molar-refractivity contribution is 5.90. The van der Waals surface area contributed by atoms with Gasteiger partial charge in [0.1, 0.15) is 5.82 Å². The van der Waals surface area contributed by atoms with Crippen LogP contribution in [0, 0.1) is 23.7 Å². The van der Waals surface area contributed by atoms with Crippen molar-refractivity contribution in [3.8, 4) is 6.07 Å². The van der Waals surface area contributed by atoms with Gasteiger partial charge in [0.05, 0.1) is 11.5 Å². The molecule has 0 aromatic carbocycles. The van der Waals surface area contributed by atoms with Crippen LogP contribution < -0.4 is 5.32 Å². The first-order valence-electron chi connectivity index (χ1n) is 4.53. The third-order valence-electron chi connectivity index (χ3n) is 1.79. The van der Waals surface area contributed by atoms with Crippen LogP contribution in [0.1, 0.15) is 30.3 Å². The van der Waals surface area contributed by atoms with Crippen molar-refractivity contribution in [1.82, 2.24) is 20.5 Å². The van der Waals surface area contributed by atoms with Crippen LogP contribution in [0.4, 0.5) is 0 Å². The molecule has 0 fully saturated rings. The van der Waals surface area contributed by atoms with Crippen molar-refractivity contribution in [2.75, 3.05) is 6.54 Å². The summed E-state index contributed by atoms with van der Waals surface area (Å²) in [6.07, 6.45) is 0. The van der Waals surface area contributed by atoms with Crippen molar-refractivity contribution in [3.63, 3.8) is 0 Å². The van der Waals surface area contributed by atoms with E-state index < -0.39 is 5.41 Å². The molecule has 0 saturated carbocycles. The lowest BCUT2D eigenvalue weighted by molar-refractivity contribution is 0.0933. The SMILES string of the molecule is Cc1nc(C(=O)NCC(C)(C)C#N)n[nH]1. The van der Waals surface area contributed by atoms with Gasteiger partial charge in [0.15, 0.2) is 0 Å². The summed E-state index contributed by atoms with van der Waals surface area (Å²) >= 11 is 0. The molecular weight excluding hydrogens is 194 g/mol. The van der Waals surface area contributed by atoms with Gasteiger partial charge in [0.25, 0.3) is 5.91 Å². The van der Waals surface area contributed by atoms with Crippen LogP contribution in [-0.2, 0) is 0 Å². The lowest BCUT2D eigenvalue weighted by Gasteiger charge is -2.14. The first-order valence-corrected chi connectivity index (χ1v) is 4.53. The minimum absolute atomic E-state index is 0.0984. The molecule has 0 saturated heterocycles. The molecule has 0 radical (unpaired) electrons. The van der Waals surface area contributed by atoms with Crippen LogP contribution in [0.3, 0.4) is 0 Å². The normalized spacial score (nSPS) is 10.8. The molecule has 0 aliphatic rings. The summed E-state index contributed by atoms with van der Waals surface area (Å²) < 4.78 is 0. The van der Waals surface area contributed by atoms with Gasteiger partial charge < -0.3 is 5.32 Å². The third-order valence-corrected chi connectivity index (χ3v) is 1.79. The van der Waals surface area contributed by atoms with Gasteiger partial charge in [0, 0.05) is 6.54 Å². The summed E-state index contributed by atoms with van der Waals surface area (Å²) in [5, 5.41) is 17.6. The second-order valence-corrected chi connectivity index (χ2v) is 3.92. The molecule has 2 N–H and O–H groups in total. The molecular formula is C9H13N5O. The first kappa shape index (κ1) is 11.2. The molecule has 0 atom stereocenters. The van der Waals surface area contributed by atoms with E-state index in [0.717, 1.165) is 0 Å². The van der Waals surface area contributed by atoms with Gasteiger partial charge in [-0.1, -0.05) is 0 Å². The Kier molecular flexibility index (Phi) is 3.04. The Hall–Kier alpha value is -1.90. The van der Waals surface area contributed by atoms with Crippen LogP contribution in [0.5, 0.6) is 0 Å². The Morgan fingerprint density at radius 3 is 2.80 bits per heavy atom. The maximum Gasteiger partial charge on any atom is 0.291 e. The van der Waals surface area contributed by atoms with Crippen LogP contribution in [-0.4, -0.2) is 27.6 Å². The van der Waals surface area contributed by atoms with Crippen molar-refractivity contribution in [3.05, 3.63) is 11.6 Å². The minimum atomic E-state index is -0.582. The second kappa shape index (κ2) is 4.09. The summed E-state index contributed by atoms with van der Waals surface area (Å²) in [5.74, 6) is 0.309. The number of rotatable bonds is 3. The minimum Gasteiger partial charge on any atom is -0.348 e. The monoisotopic (exact) mass is 207 g/mol. The van der Waals surface area contributed by atoms with Crippen LogP contribution in [0.2, 0.25) is 0 Å². The molecule has 0 spiro atoms. The van der Waals surface area contributed by atoms with Crippen LogP contribution in [0.15, 0.2) is 0 Å². The molecule has 80 valence electrons. The molecule has 0 aliphatic heterocycles. The van der Waals surface area contributed by atoms with E-state index in [1.807, 2.05) is 0 Å². The van der Waals surface area contributed by atoms with Crippen molar-refractivity contribution < 1.29 is 4.79 Å². The summed E-state index contributed by atoms with van der Waals surface area (Å²) in [7, 11) is 0. The Bertz CT molecular complexity index is 401. The Balaban J connectivity index is 2.55. The summed E-state index contributed by atoms with van der Waals surface area (Å²) in [5.41, 5.74) is -0.582. The van der Waals surface area contributed by atoms with E-state index in [4.69, 9.17) is 5.26 Å². The number of carbonyl (C=O) groups excluding carboxylic acids is 1. The zero-order valence-corrected chi connectivity index (χ0v) is 8.96. The zero-order valence-electron chi connectivity index (χ0n) is 8.96. The number of nitriles is 1. The molecule has 0 aliphatic carbocycles. The van der Waals surface area contributed by atoms with E-state index >= 15 is 0 Å². The van der Waals surface area contributed by atoms with Gasteiger partial charge in [-0.15, -0.1) is 5.10 Å². The highest BCUT2D eigenvalue weighted by Gasteiger charge is 2.19. The topological polar surface area (TPSA) is 94.5 Å². The van der Waals surface area contributed by atoms with Gasteiger partial charge in [-0.2, -0.15) is 5.26 Å². The fourth-order valence-corrected chi connectivity index (χ4v) is 0.864. The number of aromatic nitrogens is 3. The number of aryl methyl sites for hydroxylation is 1. The molecule has 6 nitrogen and oxygen atoms in total. The van der Waals surface area contributed by atoms with E-state index in [1.54, 1.807) is 20.8 Å². The molecule has 1 aromatic rings. The molecule has 1 rings (SSSR count). The fraction of sp³-hybridized carbons (Fsp3) is 0.556. The van der Waals surface area contributed by atoms with E-state index in [0.29, 0.717) is 5.82 Å². The lowest BCUT2D eigenvalue weighted by Crippen LogP contribution is -2.33. The van der Waals surface area contributed by atoms with Crippen molar-refractivity contribution in [2.24, 2.45) is 5.41 Å². The lowest BCUT2D eigenvalue weighted by atomic mass is 9.96. The van der Waals surface area contributed by atoms with E-state index in [-0.39, 0.29) is 18.3 Å². The van der Waals surface area contributed by atoms with E-state index in [9.17, 15) is 4.79 Å². The number of hydrogen-bond acceptors (Lipinski definition) is 4. The van der Waals surface area contributed by atoms with Gasteiger partial charge in [0.2, 0.25) is 5.82 Å². The third kappa shape index (κ3) is 3.06. The quantitative estimate of drug-likeness (QED) is 0.749. The first-order chi connectivity index (χ1) is 6.94. The Morgan fingerprint density at radius 2 is 2.33 bits per heavy atom. The maximum atomic E-state index is 11.5. The fourth-order valence-electron chi connectivity index (χ4n) is 0.864. The Labute approximate surface area is 87.7 Å². The zero-order chi connectivity index (χ0) is 11.5. The van der Waals surface area contributed by atoms with Gasteiger partial charge in [-0.05, 0) is 20.8 Å².